The zero-order valence-electron chi connectivity index (χ0n) is 17.3. The fourth-order valence-corrected chi connectivity index (χ4v) is 7.71. The van der Waals surface area contributed by atoms with E-state index in [1.165, 1.54) is 33.0 Å². The Kier molecular flexibility index (Phi) is 5.66. The number of nitrogens with zero attached hydrogens (tertiary/aromatic N) is 4. The fraction of sp³-hybridized carbons (Fsp3) is 0.348. The van der Waals surface area contributed by atoms with Gasteiger partial charge in [0.15, 0.2) is 5.16 Å². The summed E-state index contributed by atoms with van der Waals surface area (Å²) in [7, 11) is 0. The van der Waals surface area contributed by atoms with Crippen LogP contribution in [0.2, 0.25) is 0 Å². The van der Waals surface area contributed by atoms with Gasteiger partial charge in [-0.2, -0.15) is 0 Å². The van der Waals surface area contributed by atoms with Crippen molar-refractivity contribution in [1.29, 1.82) is 0 Å². The van der Waals surface area contributed by atoms with Crippen molar-refractivity contribution in [3.05, 3.63) is 72.5 Å². The number of fused-ring (bicyclic) bond motifs is 1. The molecule has 0 saturated heterocycles. The van der Waals surface area contributed by atoms with Crippen LogP contribution in [-0.4, -0.2) is 37.9 Å². The summed E-state index contributed by atoms with van der Waals surface area (Å²) in [6, 6.07) is 11.2. The Balaban J connectivity index is 1.21. The Morgan fingerprint density at radius 1 is 1.06 bits per heavy atom. The number of hydrogen-bond donors (Lipinski definition) is 0. The van der Waals surface area contributed by atoms with Crippen molar-refractivity contribution in [2.75, 3.05) is 12.3 Å². The Bertz CT molecular complexity index is 1210. The molecule has 1 atom stereocenters. The van der Waals surface area contributed by atoms with Gasteiger partial charge in [0, 0.05) is 33.6 Å². The van der Waals surface area contributed by atoms with Gasteiger partial charge < -0.3 is 9.47 Å². The normalized spacial score (nSPS) is 18.1. The minimum absolute atomic E-state index is 0.0359. The predicted octanol–water partition coefficient (Wildman–Crippen LogP) is 5.65. The molecule has 4 aromatic heterocycles. The van der Waals surface area contributed by atoms with Gasteiger partial charge in [0.25, 0.3) is 0 Å². The van der Waals surface area contributed by atoms with E-state index in [4.69, 9.17) is 0 Å². The quantitative estimate of drug-likeness (QED) is 0.309. The molecule has 6 rings (SSSR count). The lowest BCUT2D eigenvalue weighted by molar-refractivity contribution is -0.130. The number of hydrogen-bond acceptors (Lipinski definition) is 7. The van der Waals surface area contributed by atoms with Crippen LogP contribution in [0.25, 0.3) is 0 Å². The van der Waals surface area contributed by atoms with Gasteiger partial charge in [-0.05, 0) is 59.2 Å². The molecular formula is C23H22N4OS4. The molecule has 0 radical (unpaired) electrons. The van der Waals surface area contributed by atoms with Gasteiger partial charge in [0.2, 0.25) is 5.91 Å². The average Bonchev–Trinajstić information content (AvgIpc) is 3.31. The zero-order valence-corrected chi connectivity index (χ0v) is 20.6. The molecule has 0 aromatic carbocycles. The zero-order chi connectivity index (χ0) is 21.5. The molecular weight excluding hydrogens is 477 g/mol. The van der Waals surface area contributed by atoms with Crippen LogP contribution in [0.1, 0.15) is 50.9 Å². The summed E-state index contributed by atoms with van der Waals surface area (Å²) < 4.78 is 2.28. The van der Waals surface area contributed by atoms with E-state index in [0.717, 1.165) is 30.4 Å². The van der Waals surface area contributed by atoms with Crippen LogP contribution in [0.15, 0.2) is 51.6 Å². The highest BCUT2D eigenvalue weighted by Crippen LogP contribution is 2.41. The third kappa shape index (κ3) is 3.96. The van der Waals surface area contributed by atoms with Crippen molar-refractivity contribution in [2.24, 2.45) is 0 Å². The maximum absolute atomic E-state index is 13.4. The lowest BCUT2D eigenvalue weighted by atomic mass is 9.98. The molecule has 1 saturated carbocycles. The van der Waals surface area contributed by atoms with Gasteiger partial charge in [-0.25, -0.2) is 0 Å². The summed E-state index contributed by atoms with van der Waals surface area (Å²) in [4.78, 5) is 19.4. The molecule has 1 fully saturated rings. The first-order valence-electron chi connectivity index (χ1n) is 10.8. The van der Waals surface area contributed by atoms with Crippen LogP contribution >= 0.6 is 45.8 Å². The molecule has 9 heteroatoms. The molecule has 5 heterocycles. The molecule has 1 aliphatic carbocycles. The molecule has 1 aliphatic heterocycles. The second-order valence-corrected chi connectivity index (χ2v) is 12.1. The molecule has 0 spiro atoms. The average molecular weight is 499 g/mol. The molecule has 0 bridgehead atoms. The van der Waals surface area contributed by atoms with Gasteiger partial charge in [-0.1, -0.05) is 23.9 Å². The Morgan fingerprint density at radius 3 is 2.72 bits per heavy atom. The Hall–Kier alpha value is -1.94. The van der Waals surface area contributed by atoms with Gasteiger partial charge in [-0.3, -0.25) is 4.79 Å². The number of carbonyl (C=O) groups excluding carboxylic acids is 1. The molecule has 32 heavy (non-hydrogen) atoms. The molecule has 2 aliphatic rings. The van der Waals surface area contributed by atoms with Crippen LogP contribution < -0.4 is 0 Å². The van der Waals surface area contributed by atoms with E-state index in [-0.39, 0.29) is 11.9 Å². The van der Waals surface area contributed by atoms with E-state index in [0.29, 0.717) is 11.8 Å². The van der Waals surface area contributed by atoms with E-state index in [1.807, 2.05) is 11.3 Å². The monoisotopic (exact) mass is 498 g/mol. The van der Waals surface area contributed by atoms with Crippen LogP contribution in [-0.2, 0) is 17.6 Å². The Labute approximate surface area is 203 Å². The van der Waals surface area contributed by atoms with Gasteiger partial charge in [0.05, 0.1) is 11.8 Å². The number of amides is 1. The Morgan fingerprint density at radius 2 is 1.94 bits per heavy atom. The smallest absolute Gasteiger partial charge is 0.233 e. The summed E-state index contributed by atoms with van der Waals surface area (Å²) in [6.07, 6.45) is 4.09. The summed E-state index contributed by atoms with van der Waals surface area (Å²) in [6.45, 7) is 0.772. The number of carbonyl (C=O) groups is 1. The number of thioether (sulfide) groups is 1. The predicted molar refractivity (Wildman–Crippen MR) is 132 cm³/mol. The summed E-state index contributed by atoms with van der Waals surface area (Å²) in [5, 5.41) is 16.2. The number of rotatable bonds is 7. The molecule has 5 nitrogen and oxygen atoms in total. The van der Waals surface area contributed by atoms with Crippen LogP contribution in [0.5, 0.6) is 0 Å². The molecule has 0 N–H and O–H groups in total. The van der Waals surface area contributed by atoms with E-state index < -0.39 is 0 Å². The van der Waals surface area contributed by atoms with Crippen molar-refractivity contribution >= 4 is 51.7 Å². The van der Waals surface area contributed by atoms with E-state index in [9.17, 15) is 4.79 Å². The van der Waals surface area contributed by atoms with Gasteiger partial charge in [-0.15, -0.1) is 44.2 Å². The summed E-state index contributed by atoms with van der Waals surface area (Å²) in [5.41, 5.74) is 1.29. The van der Waals surface area contributed by atoms with Crippen molar-refractivity contribution in [2.45, 2.75) is 42.9 Å². The van der Waals surface area contributed by atoms with Crippen molar-refractivity contribution in [3.8, 4) is 0 Å². The molecule has 1 unspecified atom stereocenters. The first-order chi connectivity index (χ1) is 15.8. The maximum Gasteiger partial charge on any atom is 0.233 e. The third-order valence-corrected chi connectivity index (χ3v) is 9.71. The lowest BCUT2D eigenvalue weighted by Crippen LogP contribution is -2.40. The highest BCUT2D eigenvalue weighted by atomic mass is 32.2. The van der Waals surface area contributed by atoms with Gasteiger partial charge >= 0.3 is 0 Å². The maximum atomic E-state index is 13.4. The van der Waals surface area contributed by atoms with E-state index in [1.54, 1.807) is 34.4 Å². The van der Waals surface area contributed by atoms with E-state index in [2.05, 4.69) is 66.1 Å². The van der Waals surface area contributed by atoms with E-state index >= 15 is 0 Å². The number of thiophene rings is 3. The summed E-state index contributed by atoms with van der Waals surface area (Å²) >= 11 is 6.83. The van der Waals surface area contributed by atoms with Crippen LogP contribution in [0.4, 0.5) is 0 Å². The minimum atomic E-state index is 0.0359. The second kappa shape index (κ2) is 8.78. The second-order valence-electron chi connectivity index (χ2n) is 8.10. The largest absolute Gasteiger partial charge is 0.330 e. The molecule has 4 aromatic rings. The van der Waals surface area contributed by atoms with Gasteiger partial charge in [0.1, 0.15) is 5.82 Å². The standard InChI is InChI=1S/C23H22N4OS4/c28-21(26-9-7-18-17(8-12-31-18)22(26)19-4-2-11-30-19)14-32-23-25-24-20(27(23)15-5-6-15)13-16-3-1-10-29-16/h1-4,8,10-12,15,22H,5-7,9,13-14H2. The number of aromatic nitrogens is 3. The van der Waals surface area contributed by atoms with Crippen molar-refractivity contribution < 1.29 is 4.79 Å². The lowest BCUT2D eigenvalue weighted by Gasteiger charge is -2.35. The molecule has 164 valence electrons. The molecule has 1 amide bonds. The first kappa shape index (κ1) is 20.7. The fourth-order valence-electron chi connectivity index (χ4n) is 4.34. The van der Waals surface area contributed by atoms with Crippen molar-refractivity contribution in [3.63, 3.8) is 0 Å². The minimum Gasteiger partial charge on any atom is -0.330 e. The van der Waals surface area contributed by atoms with Crippen LogP contribution in [0, 0.1) is 0 Å². The summed E-state index contributed by atoms with van der Waals surface area (Å²) in [5.74, 6) is 1.59. The van der Waals surface area contributed by atoms with Crippen LogP contribution in [0.3, 0.4) is 0 Å². The highest BCUT2D eigenvalue weighted by molar-refractivity contribution is 7.99. The third-order valence-electron chi connectivity index (χ3n) is 5.98. The SMILES string of the molecule is O=C(CSc1nnc(Cc2cccs2)n1C1CC1)N1CCc2sccc2C1c1cccs1. The van der Waals surface area contributed by atoms with Crippen molar-refractivity contribution in [1.82, 2.24) is 19.7 Å². The first-order valence-corrected chi connectivity index (χ1v) is 14.4. The topological polar surface area (TPSA) is 51.0 Å². The highest BCUT2D eigenvalue weighted by Gasteiger charge is 2.34.